The van der Waals surface area contributed by atoms with Crippen molar-refractivity contribution in [1.29, 1.82) is 0 Å². The van der Waals surface area contributed by atoms with Gasteiger partial charge in [0.15, 0.2) is 0 Å². The number of rotatable bonds is 6. The van der Waals surface area contributed by atoms with Crippen LogP contribution in [0.3, 0.4) is 0 Å². The largest absolute Gasteiger partial charge is 0.396 e. The number of nitrogens with one attached hydrogen (secondary N) is 1. The summed E-state index contributed by atoms with van der Waals surface area (Å²) in [5.41, 5.74) is 1.55. The first-order chi connectivity index (χ1) is 8.81. The SMILES string of the molecule is O=C(NCCCCCO)c1ccn2cncc2c1. The van der Waals surface area contributed by atoms with Gasteiger partial charge >= 0.3 is 0 Å². The van der Waals surface area contributed by atoms with Crippen molar-refractivity contribution in [2.24, 2.45) is 0 Å². The van der Waals surface area contributed by atoms with Crippen LogP contribution in [-0.4, -0.2) is 33.6 Å². The van der Waals surface area contributed by atoms with E-state index in [1.165, 1.54) is 0 Å². The van der Waals surface area contributed by atoms with Crippen LogP contribution in [0.5, 0.6) is 0 Å². The van der Waals surface area contributed by atoms with Crippen molar-refractivity contribution < 1.29 is 9.90 Å². The van der Waals surface area contributed by atoms with E-state index in [9.17, 15) is 4.79 Å². The highest BCUT2D eigenvalue weighted by atomic mass is 16.2. The molecule has 5 nitrogen and oxygen atoms in total. The average molecular weight is 247 g/mol. The lowest BCUT2D eigenvalue weighted by atomic mass is 10.2. The Morgan fingerprint density at radius 1 is 1.39 bits per heavy atom. The zero-order chi connectivity index (χ0) is 12.8. The molecular weight excluding hydrogens is 230 g/mol. The maximum atomic E-state index is 11.9. The van der Waals surface area contributed by atoms with Crippen molar-refractivity contribution in [3.05, 3.63) is 36.4 Å². The normalized spacial score (nSPS) is 10.7. The highest BCUT2D eigenvalue weighted by Crippen LogP contribution is 2.06. The van der Waals surface area contributed by atoms with Crippen molar-refractivity contribution in [1.82, 2.24) is 14.7 Å². The van der Waals surface area contributed by atoms with Crippen LogP contribution in [0.4, 0.5) is 0 Å². The number of fused-ring (bicyclic) bond motifs is 1. The number of carbonyl (C=O) groups is 1. The van der Waals surface area contributed by atoms with Gasteiger partial charge in [0.25, 0.3) is 5.91 Å². The van der Waals surface area contributed by atoms with Crippen molar-refractivity contribution in [3.8, 4) is 0 Å². The third-order valence-electron chi connectivity index (χ3n) is 2.80. The molecule has 0 bridgehead atoms. The van der Waals surface area contributed by atoms with Gasteiger partial charge in [0, 0.05) is 24.9 Å². The molecule has 1 amide bonds. The summed E-state index contributed by atoms with van der Waals surface area (Å²) in [6.45, 7) is 0.856. The first-order valence-corrected chi connectivity index (χ1v) is 6.12. The Bertz CT molecular complexity index is 522. The van der Waals surface area contributed by atoms with Crippen LogP contribution in [-0.2, 0) is 0 Å². The Morgan fingerprint density at radius 2 is 2.28 bits per heavy atom. The second kappa shape index (κ2) is 6.16. The molecule has 0 atom stereocenters. The first kappa shape index (κ1) is 12.6. The standard InChI is InChI=1S/C13H17N3O2/c17-7-3-1-2-5-15-13(18)11-4-6-16-10-14-9-12(16)8-11/h4,6,8-10,17H,1-3,5,7H2,(H,15,18). The predicted octanol–water partition coefficient (Wildman–Crippen LogP) is 1.23. The summed E-state index contributed by atoms with van der Waals surface area (Å²) in [5.74, 6) is -0.0669. The number of unbranched alkanes of at least 4 members (excludes halogenated alkanes) is 2. The lowest BCUT2D eigenvalue weighted by molar-refractivity contribution is 0.0953. The van der Waals surface area contributed by atoms with E-state index in [2.05, 4.69) is 10.3 Å². The quantitative estimate of drug-likeness (QED) is 0.754. The van der Waals surface area contributed by atoms with Crippen molar-refractivity contribution in [3.63, 3.8) is 0 Å². The van der Waals surface area contributed by atoms with Crippen LogP contribution in [0.1, 0.15) is 29.6 Å². The number of hydrogen-bond donors (Lipinski definition) is 2. The van der Waals surface area contributed by atoms with E-state index in [4.69, 9.17) is 5.11 Å². The number of amides is 1. The van der Waals surface area contributed by atoms with E-state index >= 15 is 0 Å². The molecular formula is C13H17N3O2. The zero-order valence-corrected chi connectivity index (χ0v) is 10.2. The predicted molar refractivity (Wildman–Crippen MR) is 68.5 cm³/mol. The fraction of sp³-hybridized carbons (Fsp3) is 0.385. The molecule has 0 saturated heterocycles. The molecule has 0 aliphatic rings. The van der Waals surface area contributed by atoms with E-state index in [0.29, 0.717) is 12.1 Å². The summed E-state index contributed by atoms with van der Waals surface area (Å²) < 4.78 is 1.86. The van der Waals surface area contributed by atoms with Crippen molar-refractivity contribution in [2.75, 3.05) is 13.2 Å². The van der Waals surface area contributed by atoms with E-state index < -0.39 is 0 Å². The minimum atomic E-state index is -0.0669. The molecule has 2 aromatic heterocycles. The average Bonchev–Trinajstić information content (AvgIpc) is 2.85. The number of nitrogens with zero attached hydrogens (tertiary/aromatic N) is 2. The molecule has 0 unspecified atom stereocenters. The summed E-state index contributed by atoms with van der Waals surface area (Å²) in [6, 6.07) is 3.59. The summed E-state index contributed by atoms with van der Waals surface area (Å²) >= 11 is 0. The Labute approximate surface area is 105 Å². The molecule has 0 aliphatic heterocycles. The maximum Gasteiger partial charge on any atom is 0.251 e. The lowest BCUT2D eigenvalue weighted by Crippen LogP contribution is -2.24. The highest BCUT2D eigenvalue weighted by Gasteiger charge is 2.05. The van der Waals surface area contributed by atoms with Crippen LogP contribution in [0, 0.1) is 0 Å². The van der Waals surface area contributed by atoms with E-state index in [-0.39, 0.29) is 12.5 Å². The molecule has 0 aliphatic carbocycles. The van der Waals surface area contributed by atoms with Gasteiger partial charge < -0.3 is 14.8 Å². The van der Waals surface area contributed by atoms with Crippen LogP contribution in [0.25, 0.3) is 5.52 Å². The second-order valence-corrected chi connectivity index (χ2v) is 4.18. The lowest BCUT2D eigenvalue weighted by Gasteiger charge is -2.05. The molecule has 96 valence electrons. The summed E-state index contributed by atoms with van der Waals surface area (Å²) in [4.78, 5) is 15.9. The fourth-order valence-electron chi connectivity index (χ4n) is 1.78. The number of aliphatic hydroxyl groups is 1. The van der Waals surface area contributed by atoms with Gasteiger partial charge in [0.2, 0.25) is 0 Å². The monoisotopic (exact) mass is 247 g/mol. The molecule has 2 rings (SSSR count). The molecule has 0 saturated carbocycles. The third-order valence-corrected chi connectivity index (χ3v) is 2.80. The zero-order valence-electron chi connectivity index (χ0n) is 10.2. The first-order valence-electron chi connectivity index (χ1n) is 6.12. The van der Waals surface area contributed by atoms with Crippen LogP contribution in [0.15, 0.2) is 30.9 Å². The van der Waals surface area contributed by atoms with Crippen molar-refractivity contribution >= 4 is 11.4 Å². The Kier molecular flexibility index (Phi) is 4.30. The minimum absolute atomic E-state index is 0.0669. The second-order valence-electron chi connectivity index (χ2n) is 4.18. The van der Waals surface area contributed by atoms with Crippen LogP contribution >= 0.6 is 0 Å². The Morgan fingerprint density at radius 3 is 3.11 bits per heavy atom. The van der Waals surface area contributed by atoms with Crippen LogP contribution < -0.4 is 5.32 Å². The third kappa shape index (κ3) is 3.07. The molecule has 0 spiro atoms. The number of imidazole rings is 1. The van der Waals surface area contributed by atoms with Gasteiger partial charge in [0.05, 0.1) is 18.0 Å². The number of hydrogen-bond acceptors (Lipinski definition) is 3. The van der Waals surface area contributed by atoms with E-state index in [1.54, 1.807) is 18.6 Å². The summed E-state index contributed by atoms with van der Waals surface area (Å²) in [5, 5.41) is 11.5. The highest BCUT2D eigenvalue weighted by molar-refractivity contribution is 5.95. The minimum Gasteiger partial charge on any atom is -0.396 e. The van der Waals surface area contributed by atoms with Gasteiger partial charge in [0.1, 0.15) is 0 Å². The van der Waals surface area contributed by atoms with Gasteiger partial charge in [-0.3, -0.25) is 4.79 Å². The summed E-state index contributed by atoms with van der Waals surface area (Å²) in [6.07, 6.45) is 7.85. The topological polar surface area (TPSA) is 66.6 Å². The molecule has 2 aromatic rings. The van der Waals surface area contributed by atoms with Gasteiger partial charge in [-0.2, -0.15) is 0 Å². The fourth-order valence-corrected chi connectivity index (χ4v) is 1.78. The molecule has 18 heavy (non-hydrogen) atoms. The molecule has 5 heteroatoms. The molecule has 2 N–H and O–H groups in total. The van der Waals surface area contributed by atoms with Gasteiger partial charge in [-0.05, 0) is 31.4 Å². The van der Waals surface area contributed by atoms with E-state index in [0.717, 1.165) is 24.8 Å². The van der Waals surface area contributed by atoms with Crippen molar-refractivity contribution in [2.45, 2.75) is 19.3 Å². The Balaban J connectivity index is 1.88. The van der Waals surface area contributed by atoms with Crippen LogP contribution in [0.2, 0.25) is 0 Å². The van der Waals surface area contributed by atoms with E-state index in [1.807, 2.05) is 16.7 Å². The summed E-state index contributed by atoms with van der Waals surface area (Å²) in [7, 11) is 0. The maximum absolute atomic E-state index is 11.9. The molecule has 0 aromatic carbocycles. The van der Waals surface area contributed by atoms with Gasteiger partial charge in [-0.25, -0.2) is 4.98 Å². The Hall–Kier alpha value is -1.88. The number of carbonyl (C=O) groups excluding carboxylic acids is 1. The molecule has 2 heterocycles. The number of aromatic nitrogens is 2. The molecule has 0 radical (unpaired) electrons. The van der Waals surface area contributed by atoms with Gasteiger partial charge in [-0.1, -0.05) is 0 Å². The smallest absolute Gasteiger partial charge is 0.251 e. The van der Waals surface area contributed by atoms with Gasteiger partial charge in [-0.15, -0.1) is 0 Å². The number of aliphatic hydroxyl groups excluding tert-OH is 1. The number of pyridine rings is 1. The molecule has 0 fully saturated rings.